The lowest BCUT2D eigenvalue weighted by molar-refractivity contribution is 0.0729. The largest absolute Gasteiger partial charge is 0.377 e. The molecule has 0 aliphatic carbocycles. The number of nitrogens with zero attached hydrogens (tertiary/aromatic N) is 2. The maximum absolute atomic E-state index is 5.65. The summed E-state index contributed by atoms with van der Waals surface area (Å²) in [4.78, 5) is 4.71. The lowest BCUT2D eigenvalue weighted by Crippen LogP contribution is -2.12. The molecule has 3 heteroatoms. The monoisotopic (exact) mass is 246 g/mol. The number of hydrogen-bond acceptors (Lipinski definition) is 2. The Hall–Kier alpha value is -1.35. The van der Waals surface area contributed by atoms with Gasteiger partial charge in [0.15, 0.2) is 0 Å². The van der Waals surface area contributed by atoms with Crippen molar-refractivity contribution in [2.45, 2.75) is 46.3 Å². The van der Waals surface area contributed by atoms with Crippen LogP contribution < -0.4 is 0 Å². The highest BCUT2D eigenvalue weighted by Crippen LogP contribution is 2.17. The molecule has 0 aliphatic heterocycles. The molecule has 18 heavy (non-hydrogen) atoms. The smallest absolute Gasteiger partial charge is 0.109 e. The van der Waals surface area contributed by atoms with Gasteiger partial charge in [-0.2, -0.15) is 0 Å². The molecule has 0 saturated carbocycles. The van der Waals surface area contributed by atoms with Crippen molar-refractivity contribution in [2.75, 3.05) is 6.61 Å². The molecule has 3 nitrogen and oxygen atoms in total. The van der Waals surface area contributed by atoms with E-state index >= 15 is 0 Å². The Morgan fingerprint density at radius 3 is 2.78 bits per heavy atom. The van der Waals surface area contributed by atoms with Crippen molar-refractivity contribution < 1.29 is 4.74 Å². The second-order valence-corrected chi connectivity index (χ2v) is 4.84. The molecular formula is C15H22N2O. The molecule has 1 aromatic carbocycles. The maximum atomic E-state index is 5.65. The average Bonchev–Trinajstić information content (AvgIpc) is 2.68. The summed E-state index contributed by atoms with van der Waals surface area (Å²) in [6.07, 6.45) is 2.43. The van der Waals surface area contributed by atoms with Gasteiger partial charge in [-0.1, -0.05) is 19.1 Å². The molecule has 0 radical (unpaired) electrons. The first-order valence-corrected chi connectivity index (χ1v) is 6.78. The van der Waals surface area contributed by atoms with Crippen molar-refractivity contribution in [2.24, 2.45) is 0 Å². The van der Waals surface area contributed by atoms with Gasteiger partial charge in [0.2, 0.25) is 0 Å². The van der Waals surface area contributed by atoms with Crippen molar-refractivity contribution in [3.8, 4) is 0 Å². The number of rotatable bonds is 6. The first-order chi connectivity index (χ1) is 8.72. The average molecular weight is 246 g/mol. The first-order valence-electron chi connectivity index (χ1n) is 6.78. The van der Waals surface area contributed by atoms with Crippen molar-refractivity contribution in [3.63, 3.8) is 0 Å². The lowest BCUT2D eigenvalue weighted by Gasteiger charge is -2.11. The van der Waals surface area contributed by atoms with Crippen molar-refractivity contribution in [1.82, 2.24) is 9.55 Å². The molecule has 0 aliphatic rings. The van der Waals surface area contributed by atoms with Crippen LogP contribution in [0.4, 0.5) is 0 Å². The first kappa shape index (κ1) is 13.1. The van der Waals surface area contributed by atoms with Crippen molar-refractivity contribution in [1.29, 1.82) is 0 Å². The summed E-state index contributed by atoms with van der Waals surface area (Å²) in [6.45, 7) is 7.95. The van der Waals surface area contributed by atoms with Gasteiger partial charge in [-0.3, -0.25) is 0 Å². The third-order valence-corrected chi connectivity index (χ3v) is 2.97. The molecule has 0 bridgehead atoms. The molecule has 0 spiro atoms. The third kappa shape index (κ3) is 2.91. The molecule has 2 aromatic rings. The maximum Gasteiger partial charge on any atom is 0.109 e. The number of benzene rings is 1. The zero-order valence-corrected chi connectivity index (χ0v) is 11.5. The Morgan fingerprint density at radius 1 is 1.28 bits per heavy atom. The van der Waals surface area contributed by atoms with Gasteiger partial charge in [-0.05, 0) is 32.4 Å². The summed E-state index contributed by atoms with van der Waals surface area (Å²) >= 11 is 0. The third-order valence-electron chi connectivity index (χ3n) is 2.97. The molecule has 0 amide bonds. The van der Waals surface area contributed by atoms with E-state index in [9.17, 15) is 0 Å². The van der Waals surface area contributed by atoms with E-state index < -0.39 is 0 Å². The van der Waals surface area contributed by atoms with Crippen LogP contribution in [0.5, 0.6) is 0 Å². The van der Waals surface area contributed by atoms with Gasteiger partial charge < -0.3 is 9.30 Å². The summed E-state index contributed by atoms with van der Waals surface area (Å²) in [5, 5.41) is 0. The van der Waals surface area contributed by atoms with Crippen LogP contribution in [-0.2, 0) is 17.7 Å². The van der Waals surface area contributed by atoms with Gasteiger partial charge in [0.05, 0.1) is 23.7 Å². The highest BCUT2D eigenvalue weighted by atomic mass is 16.5. The Bertz CT molecular complexity index is 502. The van der Waals surface area contributed by atoms with Gasteiger partial charge in [-0.15, -0.1) is 0 Å². The summed E-state index contributed by atoms with van der Waals surface area (Å²) in [6, 6.07) is 8.32. The van der Waals surface area contributed by atoms with Crippen molar-refractivity contribution in [3.05, 3.63) is 30.1 Å². The predicted molar refractivity (Wildman–Crippen MR) is 74.8 cm³/mol. The van der Waals surface area contributed by atoms with Crippen LogP contribution in [0.2, 0.25) is 0 Å². The van der Waals surface area contributed by atoms with Crippen LogP contribution in [-0.4, -0.2) is 22.3 Å². The zero-order valence-electron chi connectivity index (χ0n) is 11.5. The van der Waals surface area contributed by atoms with Crippen LogP contribution in [0.15, 0.2) is 24.3 Å². The van der Waals surface area contributed by atoms with E-state index in [1.54, 1.807) is 0 Å². The SMILES string of the molecule is CCCc1nc2ccccc2n1CCOC(C)C. The van der Waals surface area contributed by atoms with Crippen LogP contribution in [0, 0.1) is 0 Å². The van der Waals surface area contributed by atoms with E-state index in [0.29, 0.717) is 0 Å². The minimum atomic E-state index is 0.286. The summed E-state index contributed by atoms with van der Waals surface area (Å²) in [7, 11) is 0. The highest BCUT2D eigenvalue weighted by Gasteiger charge is 2.09. The minimum Gasteiger partial charge on any atom is -0.377 e. The normalized spacial score (nSPS) is 11.6. The minimum absolute atomic E-state index is 0.286. The Morgan fingerprint density at radius 2 is 2.06 bits per heavy atom. The molecule has 0 unspecified atom stereocenters. The Kier molecular flexibility index (Phi) is 4.37. The van der Waals surface area contributed by atoms with E-state index in [1.165, 1.54) is 11.3 Å². The molecule has 1 aromatic heterocycles. The summed E-state index contributed by atoms with van der Waals surface area (Å²) in [5.74, 6) is 1.17. The molecule has 0 N–H and O–H groups in total. The van der Waals surface area contributed by atoms with Crippen LogP contribution in [0.25, 0.3) is 11.0 Å². The fourth-order valence-electron chi connectivity index (χ4n) is 2.17. The lowest BCUT2D eigenvalue weighted by atomic mass is 10.3. The number of fused-ring (bicyclic) bond motifs is 1. The standard InChI is InChI=1S/C15H22N2O/c1-4-7-15-16-13-8-5-6-9-14(13)17(15)10-11-18-12(2)3/h5-6,8-9,12H,4,7,10-11H2,1-3H3. The number of ether oxygens (including phenoxy) is 1. The van der Waals surface area contributed by atoms with Crippen LogP contribution >= 0.6 is 0 Å². The van der Waals surface area contributed by atoms with Gasteiger partial charge in [0, 0.05) is 13.0 Å². The zero-order chi connectivity index (χ0) is 13.0. The van der Waals surface area contributed by atoms with Gasteiger partial charge in [-0.25, -0.2) is 4.98 Å². The quantitative estimate of drug-likeness (QED) is 0.781. The predicted octanol–water partition coefficient (Wildman–Crippen LogP) is 3.41. The van der Waals surface area contributed by atoms with E-state index in [-0.39, 0.29) is 6.10 Å². The van der Waals surface area contributed by atoms with Gasteiger partial charge >= 0.3 is 0 Å². The molecule has 2 rings (SSSR count). The summed E-state index contributed by atoms with van der Waals surface area (Å²) < 4.78 is 7.94. The Balaban J connectivity index is 2.24. The molecule has 0 saturated heterocycles. The molecule has 0 atom stereocenters. The molecule has 1 heterocycles. The number of aryl methyl sites for hydroxylation is 1. The van der Waals surface area contributed by atoms with E-state index in [2.05, 4.69) is 43.5 Å². The van der Waals surface area contributed by atoms with Gasteiger partial charge in [0.1, 0.15) is 5.82 Å². The molecular weight excluding hydrogens is 224 g/mol. The second kappa shape index (κ2) is 6.01. The van der Waals surface area contributed by atoms with E-state index in [0.717, 1.165) is 31.5 Å². The van der Waals surface area contributed by atoms with Crippen LogP contribution in [0.3, 0.4) is 0 Å². The second-order valence-electron chi connectivity index (χ2n) is 4.84. The number of aromatic nitrogens is 2. The van der Waals surface area contributed by atoms with E-state index in [4.69, 9.17) is 9.72 Å². The number of hydrogen-bond donors (Lipinski definition) is 0. The number of imidazole rings is 1. The number of para-hydroxylation sites is 2. The summed E-state index contributed by atoms with van der Waals surface area (Å²) in [5.41, 5.74) is 2.30. The Labute approximate surface area is 109 Å². The van der Waals surface area contributed by atoms with Crippen LogP contribution in [0.1, 0.15) is 33.0 Å². The van der Waals surface area contributed by atoms with Gasteiger partial charge in [0.25, 0.3) is 0 Å². The fourth-order valence-corrected chi connectivity index (χ4v) is 2.17. The molecule has 0 fully saturated rings. The molecule has 98 valence electrons. The fraction of sp³-hybridized carbons (Fsp3) is 0.533. The van der Waals surface area contributed by atoms with E-state index in [1.807, 2.05) is 6.07 Å². The highest BCUT2D eigenvalue weighted by molar-refractivity contribution is 5.75. The van der Waals surface area contributed by atoms with Crippen molar-refractivity contribution >= 4 is 11.0 Å². The topological polar surface area (TPSA) is 27.1 Å².